The van der Waals surface area contributed by atoms with Gasteiger partial charge in [0.1, 0.15) is 0 Å². The van der Waals surface area contributed by atoms with E-state index in [0.717, 1.165) is 0 Å². The molecule has 138 valence electrons. The molecule has 1 fully saturated rings. The SMILES string of the molecule is COc1ccc(N2C[C@@H](NS(=O)(=O)c3ccccc3)CC2=O)cc1OC. The summed E-state index contributed by atoms with van der Waals surface area (Å²) in [4.78, 5) is 14.1. The van der Waals surface area contributed by atoms with E-state index in [9.17, 15) is 13.2 Å². The molecule has 1 aliphatic rings. The van der Waals surface area contributed by atoms with E-state index in [2.05, 4.69) is 4.72 Å². The quantitative estimate of drug-likeness (QED) is 0.831. The number of ether oxygens (including phenoxy) is 2. The molecule has 1 heterocycles. The molecule has 1 atom stereocenters. The maximum atomic E-state index is 12.4. The Hall–Kier alpha value is -2.58. The molecular weight excluding hydrogens is 356 g/mol. The van der Waals surface area contributed by atoms with E-state index >= 15 is 0 Å². The van der Waals surface area contributed by atoms with E-state index in [1.165, 1.54) is 26.4 Å². The van der Waals surface area contributed by atoms with Crippen LogP contribution in [-0.2, 0) is 14.8 Å². The zero-order valence-electron chi connectivity index (χ0n) is 14.5. The highest BCUT2D eigenvalue weighted by Gasteiger charge is 2.34. The normalized spacial score (nSPS) is 17.4. The smallest absolute Gasteiger partial charge is 0.240 e. The first-order valence-corrected chi connectivity index (χ1v) is 9.52. The highest BCUT2D eigenvalue weighted by atomic mass is 32.2. The maximum absolute atomic E-state index is 12.4. The number of carbonyl (C=O) groups excluding carboxylic acids is 1. The molecule has 1 amide bonds. The predicted octanol–water partition coefficient (Wildman–Crippen LogP) is 1.79. The average Bonchev–Trinajstić information content (AvgIpc) is 3.01. The monoisotopic (exact) mass is 376 g/mol. The predicted molar refractivity (Wildman–Crippen MR) is 97.1 cm³/mol. The molecule has 1 aliphatic heterocycles. The zero-order valence-corrected chi connectivity index (χ0v) is 15.3. The van der Waals surface area contributed by atoms with Crippen molar-refractivity contribution in [1.82, 2.24) is 4.72 Å². The highest BCUT2D eigenvalue weighted by molar-refractivity contribution is 7.89. The maximum Gasteiger partial charge on any atom is 0.240 e. The van der Waals surface area contributed by atoms with Gasteiger partial charge in [0.15, 0.2) is 11.5 Å². The fourth-order valence-corrected chi connectivity index (χ4v) is 4.16. The van der Waals surface area contributed by atoms with Gasteiger partial charge in [0, 0.05) is 30.8 Å². The minimum absolute atomic E-state index is 0.0976. The highest BCUT2D eigenvalue weighted by Crippen LogP contribution is 2.33. The van der Waals surface area contributed by atoms with Crippen molar-refractivity contribution in [3.63, 3.8) is 0 Å². The second-order valence-electron chi connectivity index (χ2n) is 5.88. The second-order valence-corrected chi connectivity index (χ2v) is 7.59. The minimum atomic E-state index is -3.67. The van der Waals surface area contributed by atoms with Crippen molar-refractivity contribution in [2.75, 3.05) is 25.7 Å². The number of hydrogen-bond acceptors (Lipinski definition) is 5. The molecule has 0 radical (unpaired) electrons. The van der Waals surface area contributed by atoms with E-state index in [4.69, 9.17) is 9.47 Å². The first kappa shape index (κ1) is 18.2. The van der Waals surface area contributed by atoms with E-state index in [1.807, 2.05) is 0 Å². The number of benzene rings is 2. The number of anilines is 1. The van der Waals surface area contributed by atoms with Gasteiger partial charge in [-0.1, -0.05) is 18.2 Å². The van der Waals surface area contributed by atoms with Gasteiger partial charge in [-0.3, -0.25) is 4.79 Å². The lowest BCUT2D eigenvalue weighted by Crippen LogP contribution is -2.37. The molecule has 1 saturated heterocycles. The van der Waals surface area contributed by atoms with Crippen LogP contribution in [0.5, 0.6) is 11.5 Å². The van der Waals surface area contributed by atoms with E-state index in [-0.39, 0.29) is 23.8 Å². The van der Waals surface area contributed by atoms with E-state index in [1.54, 1.807) is 41.3 Å². The Kier molecular flexibility index (Phi) is 5.15. The van der Waals surface area contributed by atoms with Gasteiger partial charge in [0.2, 0.25) is 15.9 Å². The summed E-state index contributed by atoms with van der Waals surface area (Å²) in [6.07, 6.45) is 0.0976. The largest absolute Gasteiger partial charge is 0.493 e. The summed E-state index contributed by atoms with van der Waals surface area (Å²) in [5, 5.41) is 0. The van der Waals surface area contributed by atoms with Crippen LogP contribution in [0.15, 0.2) is 53.4 Å². The van der Waals surface area contributed by atoms with Crippen LogP contribution in [0, 0.1) is 0 Å². The number of nitrogens with one attached hydrogen (secondary N) is 1. The minimum Gasteiger partial charge on any atom is -0.493 e. The zero-order chi connectivity index (χ0) is 18.7. The van der Waals surface area contributed by atoms with Crippen molar-refractivity contribution in [1.29, 1.82) is 0 Å². The molecular formula is C18H20N2O5S. The number of nitrogens with zero attached hydrogens (tertiary/aromatic N) is 1. The van der Waals surface area contributed by atoms with Crippen molar-refractivity contribution in [3.8, 4) is 11.5 Å². The third-order valence-corrected chi connectivity index (χ3v) is 5.72. The molecule has 2 aromatic carbocycles. The Balaban J connectivity index is 1.77. The summed E-state index contributed by atoms with van der Waals surface area (Å²) in [7, 11) is -0.617. The van der Waals surface area contributed by atoms with Crippen LogP contribution in [0.3, 0.4) is 0 Å². The summed E-state index contributed by atoms with van der Waals surface area (Å²) in [6, 6.07) is 12.8. The van der Waals surface area contributed by atoms with Crippen LogP contribution in [0.25, 0.3) is 0 Å². The molecule has 0 saturated carbocycles. The lowest BCUT2D eigenvalue weighted by atomic mass is 10.2. The summed E-state index contributed by atoms with van der Waals surface area (Å²) in [5.41, 5.74) is 0.633. The number of hydrogen-bond donors (Lipinski definition) is 1. The van der Waals surface area contributed by atoms with Crippen LogP contribution in [-0.4, -0.2) is 41.1 Å². The second kappa shape index (κ2) is 7.35. The molecule has 7 nitrogen and oxygen atoms in total. The molecule has 3 rings (SSSR count). The molecule has 0 bridgehead atoms. The van der Waals surface area contributed by atoms with Crippen molar-refractivity contribution in [3.05, 3.63) is 48.5 Å². The lowest BCUT2D eigenvalue weighted by molar-refractivity contribution is -0.117. The standard InChI is InChI=1S/C18H20N2O5S/c1-24-16-9-8-14(11-17(16)25-2)20-12-13(10-18(20)21)19-26(22,23)15-6-4-3-5-7-15/h3-9,11,13,19H,10,12H2,1-2H3/t13-/m0/s1. The molecule has 1 N–H and O–H groups in total. The van der Waals surface area contributed by atoms with Crippen molar-refractivity contribution < 1.29 is 22.7 Å². The number of methoxy groups -OCH3 is 2. The molecule has 2 aromatic rings. The number of carbonyl (C=O) groups is 1. The van der Waals surface area contributed by atoms with E-state index < -0.39 is 16.1 Å². The molecule has 0 aromatic heterocycles. The summed E-state index contributed by atoms with van der Waals surface area (Å²) >= 11 is 0. The van der Waals surface area contributed by atoms with Gasteiger partial charge in [-0.2, -0.15) is 0 Å². The Bertz CT molecular complexity index is 899. The van der Waals surface area contributed by atoms with Crippen LogP contribution in [0.1, 0.15) is 6.42 Å². The Labute approximate surface area is 152 Å². The molecule has 0 unspecified atom stereocenters. The van der Waals surface area contributed by atoms with Gasteiger partial charge < -0.3 is 14.4 Å². The third kappa shape index (κ3) is 3.66. The van der Waals surface area contributed by atoms with Gasteiger partial charge in [0.05, 0.1) is 19.1 Å². The summed E-state index contributed by atoms with van der Waals surface area (Å²) in [6.45, 7) is 0.250. The van der Waals surface area contributed by atoms with Crippen molar-refractivity contribution >= 4 is 21.6 Å². The van der Waals surface area contributed by atoms with Crippen LogP contribution in [0.4, 0.5) is 5.69 Å². The van der Waals surface area contributed by atoms with Gasteiger partial charge in [0.25, 0.3) is 0 Å². The molecule has 8 heteroatoms. The van der Waals surface area contributed by atoms with Gasteiger partial charge in [-0.15, -0.1) is 0 Å². The third-order valence-electron chi connectivity index (χ3n) is 4.18. The number of sulfonamides is 1. The Morgan fingerprint density at radius 3 is 2.38 bits per heavy atom. The fraction of sp³-hybridized carbons (Fsp3) is 0.278. The van der Waals surface area contributed by atoms with Crippen LogP contribution < -0.4 is 19.1 Å². The van der Waals surface area contributed by atoms with Crippen LogP contribution >= 0.6 is 0 Å². The van der Waals surface area contributed by atoms with Gasteiger partial charge >= 0.3 is 0 Å². The molecule has 0 spiro atoms. The first-order valence-electron chi connectivity index (χ1n) is 8.04. The lowest BCUT2D eigenvalue weighted by Gasteiger charge is -2.19. The summed E-state index contributed by atoms with van der Waals surface area (Å²) in [5.74, 6) is 0.910. The van der Waals surface area contributed by atoms with Crippen molar-refractivity contribution in [2.45, 2.75) is 17.4 Å². The van der Waals surface area contributed by atoms with Crippen LogP contribution in [0.2, 0.25) is 0 Å². The Morgan fingerprint density at radius 1 is 1.04 bits per heavy atom. The topological polar surface area (TPSA) is 84.9 Å². The molecule has 0 aliphatic carbocycles. The van der Waals surface area contributed by atoms with Gasteiger partial charge in [-0.05, 0) is 24.3 Å². The molecule has 26 heavy (non-hydrogen) atoms. The van der Waals surface area contributed by atoms with E-state index in [0.29, 0.717) is 17.2 Å². The average molecular weight is 376 g/mol. The fourth-order valence-electron chi connectivity index (χ4n) is 2.92. The Morgan fingerprint density at radius 2 is 1.73 bits per heavy atom. The summed E-state index contributed by atoms with van der Waals surface area (Å²) < 4.78 is 38.0. The number of amides is 1. The van der Waals surface area contributed by atoms with Crippen molar-refractivity contribution in [2.24, 2.45) is 0 Å². The first-order chi connectivity index (χ1) is 12.4. The van der Waals surface area contributed by atoms with Gasteiger partial charge in [-0.25, -0.2) is 13.1 Å². The number of rotatable bonds is 6.